The van der Waals surface area contributed by atoms with E-state index in [0.717, 1.165) is 59.9 Å². The van der Waals surface area contributed by atoms with Gasteiger partial charge in [-0.1, -0.05) is 11.3 Å². The predicted molar refractivity (Wildman–Crippen MR) is 73.8 cm³/mol. The van der Waals surface area contributed by atoms with Crippen LogP contribution < -0.4 is 10.9 Å². The van der Waals surface area contributed by atoms with Crippen LogP contribution in [0.4, 0.5) is 0 Å². The first-order valence-corrected chi connectivity index (χ1v) is 7.79. The fourth-order valence-electron chi connectivity index (χ4n) is 3.02. The van der Waals surface area contributed by atoms with Crippen molar-refractivity contribution < 1.29 is 0 Å². The highest BCUT2D eigenvalue weighted by Gasteiger charge is 2.23. The second-order valence-corrected chi connectivity index (χ2v) is 6.32. The molecule has 0 amide bonds. The molecule has 100 valence electrons. The molecule has 0 saturated carbocycles. The Morgan fingerprint density at radius 3 is 3.00 bits per heavy atom. The summed E-state index contributed by atoms with van der Waals surface area (Å²) in [5.41, 5.74) is 1.95. The molecule has 1 atom stereocenters. The van der Waals surface area contributed by atoms with Crippen molar-refractivity contribution in [3.8, 4) is 0 Å². The van der Waals surface area contributed by atoms with Crippen molar-refractivity contribution >= 4 is 16.3 Å². The lowest BCUT2D eigenvalue weighted by Gasteiger charge is -2.12. The molecule has 1 unspecified atom stereocenters. The summed E-state index contributed by atoms with van der Waals surface area (Å²) >= 11 is 1.56. The number of aromatic nitrogens is 3. The van der Waals surface area contributed by atoms with Gasteiger partial charge in [0.25, 0.3) is 5.56 Å². The Morgan fingerprint density at radius 1 is 1.26 bits per heavy atom. The third-order valence-corrected chi connectivity index (χ3v) is 5.08. The molecule has 0 aromatic carbocycles. The average molecular weight is 276 g/mol. The fourth-order valence-corrected chi connectivity index (χ4v) is 4.04. The molecule has 0 radical (unpaired) electrons. The van der Waals surface area contributed by atoms with Crippen LogP contribution in [0.1, 0.15) is 48.0 Å². The van der Waals surface area contributed by atoms with E-state index < -0.39 is 0 Å². The quantitative estimate of drug-likeness (QED) is 0.856. The van der Waals surface area contributed by atoms with E-state index in [9.17, 15) is 4.79 Å². The maximum Gasteiger partial charge on any atom is 0.278 e. The van der Waals surface area contributed by atoms with Crippen LogP contribution in [0.5, 0.6) is 0 Å². The highest BCUT2D eigenvalue weighted by Crippen LogP contribution is 2.27. The number of hydrogen-bond acceptors (Lipinski definition) is 5. The zero-order chi connectivity index (χ0) is 12.8. The SMILES string of the molecule is O=c1c2c(nc3sc(C4CCCN4)nn13)CCCC2. The molecule has 3 heterocycles. The van der Waals surface area contributed by atoms with Crippen molar-refractivity contribution in [2.45, 2.75) is 44.6 Å². The molecule has 2 aliphatic rings. The zero-order valence-electron chi connectivity index (χ0n) is 10.7. The molecule has 1 aliphatic carbocycles. The minimum Gasteiger partial charge on any atom is -0.308 e. The first-order valence-electron chi connectivity index (χ1n) is 6.98. The Bertz CT molecular complexity index is 684. The van der Waals surface area contributed by atoms with Crippen LogP contribution in [-0.2, 0) is 12.8 Å². The Labute approximate surface area is 114 Å². The van der Waals surface area contributed by atoms with E-state index in [2.05, 4.69) is 15.4 Å². The van der Waals surface area contributed by atoms with Gasteiger partial charge in [-0.05, 0) is 45.1 Å². The van der Waals surface area contributed by atoms with E-state index in [1.54, 1.807) is 11.3 Å². The van der Waals surface area contributed by atoms with Crippen molar-refractivity contribution in [3.05, 3.63) is 26.6 Å². The van der Waals surface area contributed by atoms with Gasteiger partial charge in [0.1, 0.15) is 5.01 Å². The van der Waals surface area contributed by atoms with Gasteiger partial charge in [0, 0.05) is 5.56 Å². The lowest BCUT2D eigenvalue weighted by Crippen LogP contribution is -2.25. The van der Waals surface area contributed by atoms with E-state index >= 15 is 0 Å². The van der Waals surface area contributed by atoms with Gasteiger partial charge in [0.2, 0.25) is 4.96 Å². The van der Waals surface area contributed by atoms with Crippen LogP contribution in [0.15, 0.2) is 4.79 Å². The van der Waals surface area contributed by atoms with E-state index in [0.29, 0.717) is 6.04 Å². The van der Waals surface area contributed by atoms with Crippen LogP contribution in [-0.4, -0.2) is 21.1 Å². The molecule has 6 heteroatoms. The van der Waals surface area contributed by atoms with Gasteiger partial charge in [-0.25, -0.2) is 4.98 Å². The smallest absolute Gasteiger partial charge is 0.278 e. The standard InChI is InChI=1S/C13H16N4OS/c18-12-8-4-1-2-5-9(8)15-13-17(12)16-11(19-13)10-6-3-7-14-10/h10,14H,1-7H2. The van der Waals surface area contributed by atoms with E-state index in [4.69, 9.17) is 0 Å². The highest BCUT2D eigenvalue weighted by atomic mass is 32.1. The van der Waals surface area contributed by atoms with Crippen molar-refractivity contribution in [1.82, 2.24) is 19.9 Å². The van der Waals surface area contributed by atoms with Crippen molar-refractivity contribution in [1.29, 1.82) is 0 Å². The third kappa shape index (κ3) is 1.81. The topological polar surface area (TPSA) is 59.3 Å². The van der Waals surface area contributed by atoms with Crippen LogP contribution >= 0.6 is 11.3 Å². The Kier molecular flexibility index (Phi) is 2.66. The summed E-state index contributed by atoms with van der Waals surface area (Å²) in [7, 11) is 0. The minimum absolute atomic E-state index is 0.0557. The number of hydrogen-bond donors (Lipinski definition) is 1. The largest absolute Gasteiger partial charge is 0.308 e. The molecule has 1 fully saturated rings. The van der Waals surface area contributed by atoms with Crippen LogP contribution in [0.3, 0.4) is 0 Å². The number of nitrogens with one attached hydrogen (secondary N) is 1. The molecule has 5 nitrogen and oxygen atoms in total. The van der Waals surface area contributed by atoms with E-state index in [1.165, 1.54) is 10.9 Å². The van der Waals surface area contributed by atoms with Crippen LogP contribution in [0.25, 0.3) is 4.96 Å². The number of aryl methyl sites for hydroxylation is 1. The number of nitrogens with zero attached hydrogens (tertiary/aromatic N) is 3. The maximum absolute atomic E-state index is 12.4. The summed E-state index contributed by atoms with van der Waals surface area (Å²) < 4.78 is 1.52. The molecule has 1 aliphatic heterocycles. The minimum atomic E-state index is 0.0557. The van der Waals surface area contributed by atoms with Crippen LogP contribution in [0, 0.1) is 0 Å². The summed E-state index contributed by atoms with van der Waals surface area (Å²) in [6, 6.07) is 0.308. The highest BCUT2D eigenvalue weighted by molar-refractivity contribution is 7.16. The van der Waals surface area contributed by atoms with Gasteiger partial charge in [-0.15, -0.1) is 0 Å². The Morgan fingerprint density at radius 2 is 2.16 bits per heavy atom. The lowest BCUT2D eigenvalue weighted by molar-refractivity contribution is 0.620. The van der Waals surface area contributed by atoms with Gasteiger partial charge in [0.15, 0.2) is 0 Å². The molecule has 19 heavy (non-hydrogen) atoms. The average Bonchev–Trinajstić information content (AvgIpc) is 3.07. The maximum atomic E-state index is 12.4. The molecule has 4 rings (SSSR count). The molecular formula is C13H16N4OS. The number of rotatable bonds is 1. The van der Waals surface area contributed by atoms with Crippen molar-refractivity contribution in [2.24, 2.45) is 0 Å². The summed E-state index contributed by atoms with van der Waals surface area (Å²) in [5.74, 6) is 0. The third-order valence-electron chi connectivity index (χ3n) is 4.05. The first-order chi connectivity index (χ1) is 9.33. The summed E-state index contributed by atoms with van der Waals surface area (Å²) in [4.78, 5) is 17.9. The van der Waals surface area contributed by atoms with E-state index in [-0.39, 0.29) is 5.56 Å². The van der Waals surface area contributed by atoms with Crippen molar-refractivity contribution in [2.75, 3.05) is 6.54 Å². The Hall–Kier alpha value is -1.27. The van der Waals surface area contributed by atoms with Crippen LogP contribution in [0.2, 0.25) is 0 Å². The lowest BCUT2D eigenvalue weighted by atomic mass is 9.97. The van der Waals surface area contributed by atoms with Gasteiger partial charge >= 0.3 is 0 Å². The molecule has 0 spiro atoms. The fraction of sp³-hybridized carbons (Fsp3) is 0.615. The van der Waals surface area contributed by atoms with Gasteiger partial charge in [-0.2, -0.15) is 9.61 Å². The van der Waals surface area contributed by atoms with E-state index in [1.807, 2.05) is 0 Å². The second-order valence-electron chi connectivity index (χ2n) is 5.33. The molecule has 1 saturated heterocycles. The summed E-state index contributed by atoms with van der Waals surface area (Å²) in [6.07, 6.45) is 6.32. The molecule has 2 aromatic heterocycles. The molecule has 2 aromatic rings. The zero-order valence-corrected chi connectivity index (χ0v) is 11.5. The normalized spacial score (nSPS) is 22.8. The monoisotopic (exact) mass is 276 g/mol. The predicted octanol–water partition coefficient (Wildman–Crippen LogP) is 1.45. The molecular weight excluding hydrogens is 260 g/mol. The molecule has 1 N–H and O–H groups in total. The summed E-state index contributed by atoms with van der Waals surface area (Å²) in [6.45, 7) is 1.04. The first kappa shape index (κ1) is 11.5. The second kappa shape index (κ2) is 4.38. The Balaban J connectivity index is 1.88. The number of fused-ring (bicyclic) bond motifs is 2. The van der Waals surface area contributed by atoms with Gasteiger partial charge in [-0.3, -0.25) is 4.79 Å². The van der Waals surface area contributed by atoms with Crippen molar-refractivity contribution in [3.63, 3.8) is 0 Å². The molecule has 0 bridgehead atoms. The van der Waals surface area contributed by atoms with Gasteiger partial charge in [0.05, 0.1) is 11.7 Å². The summed E-state index contributed by atoms with van der Waals surface area (Å²) in [5, 5.41) is 8.93. The van der Waals surface area contributed by atoms with Gasteiger partial charge < -0.3 is 5.32 Å².